The van der Waals surface area contributed by atoms with Crippen molar-refractivity contribution >= 4 is 6.09 Å². The summed E-state index contributed by atoms with van der Waals surface area (Å²) in [6.45, 7) is 11.7. The Labute approximate surface area is 140 Å². The van der Waals surface area contributed by atoms with E-state index >= 15 is 0 Å². The number of hydrogen-bond donors (Lipinski definition) is 0. The van der Waals surface area contributed by atoms with E-state index in [1.54, 1.807) is 0 Å². The maximum absolute atomic E-state index is 12.2. The maximum atomic E-state index is 12.2. The quantitative estimate of drug-likeness (QED) is 0.744. The van der Waals surface area contributed by atoms with Crippen LogP contribution in [0.25, 0.3) is 0 Å². The molecule has 23 heavy (non-hydrogen) atoms. The Morgan fingerprint density at radius 2 is 1.70 bits per heavy atom. The molecule has 0 atom stereocenters. The fraction of sp³-hybridized carbons (Fsp3) is 0.944. The molecule has 3 aliphatic heterocycles. The second-order valence-corrected chi connectivity index (χ2v) is 8.53. The molecule has 0 aliphatic carbocycles. The van der Waals surface area contributed by atoms with Crippen LogP contribution in [0.1, 0.15) is 52.9 Å². The zero-order chi connectivity index (χ0) is 16.5. The molecule has 132 valence electrons. The number of carbonyl (C=O) groups excluding carboxylic acids is 1. The number of nitrogens with zero attached hydrogens (tertiary/aromatic N) is 2. The molecule has 1 amide bonds. The molecule has 5 nitrogen and oxygen atoms in total. The second kappa shape index (κ2) is 6.60. The Balaban J connectivity index is 1.49. The average Bonchev–Trinajstić information content (AvgIpc) is 2.91. The summed E-state index contributed by atoms with van der Waals surface area (Å²) in [6.07, 6.45) is 5.73. The van der Waals surface area contributed by atoms with Crippen LogP contribution in [0.15, 0.2) is 0 Å². The molecule has 0 N–H and O–H groups in total. The van der Waals surface area contributed by atoms with Gasteiger partial charge in [-0.2, -0.15) is 0 Å². The predicted octanol–water partition coefficient (Wildman–Crippen LogP) is 2.89. The van der Waals surface area contributed by atoms with Gasteiger partial charge < -0.3 is 14.4 Å². The Morgan fingerprint density at radius 3 is 2.30 bits per heavy atom. The Kier molecular flexibility index (Phi) is 4.88. The maximum Gasteiger partial charge on any atom is 0.410 e. The smallest absolute Gasteiger partial charge is 0.410 e. The highest BCUT2D eigenvalue weighted by Gasteiger charge is 2.43. The van der Waals surface area contributed by atoms with E-state index in [1.807, 2.05) is 25.7 Å². The van der Waals surface area contributed by atoms with E-state index in [0.29, 0.717) is 11.5 Å². The van der Waals surface area contributed by atoms with Gasteiger partial charge in [-0.15, -0.1) is 0 Å². The average molecular weight is 324 g/mol. The van der Waals surface area contributed by atoms with Gasteiger partial charge in [-0.25, -0.2) is 4.79 Å². The van der Waals surface area contributed by atoms with Gasteiger partial charge in [-0.05, 0) is 64.8 Å². The molecule has 3 heterocycles. The third kappa shape index (κ3) is 4.18. The van der Waals surface area contributed by atoms with Crippen LogP contribution in [0, 0.1) is 5.41 Å². The number of amides is 1. The number of ether oxygens (including phenoxy) is 2. The molecular weight excluding hydrogens is 292 g/mol. The highest BCUT2D eigenvalue weighted by molar-refractivity contribution is 5.68. The van der Waals surface area contributed by atoms with Gasteiger partial charge in [0.2, 0.25) is 0 Å². The number of likely N-dealkylation sites (tertiary alicyclic amines) is 2. The molecule has 3 fully saturated rings. The summed E-state index contributed by atoms with van der Waals surface area (Å²) >= 11 is 0. The first kappa shape index (κ1) is 17.0. The van der Waals surface area contributed by atoms with E-state index in [1.165, 1.54) is 32.4 Å². The van der Waals surface area contributed by atoms with Crippen molar-refractivity contribution in [2.75, 3.05) is 39.4 Å². The number of piperidine rings is 1. The van der Waals surface area contributed by atoms with Crippen LogP contribution in [0.3, 0.4) is 0 Å². The first-order valence-corrected chi connectivity index (χ1v) is 9.17. The van der Waals surface area contributed by atoms with Gasteiger partial charge in [0.15, 0.2) is 0 Å². The summed E-state index contributed by atoms with van der Waals surface area (Å²) in [4.78, 5) is 16.8. The molecule has 0 saturated carbocycles. The van der Waals surface area contributed by atoms with E-state index in [9.17, 15) is 4.79 Å². The van der Waals surface area contributed by atoms with Crippen molar-refractivity contribution in [2.24, 2.45) is 5.41 Å². The number of hydrogen-bond acceptors (Lipinski definition) is 4. The Bertz CT molecular complexity index is 418. The lowest BCUT2D eigenvalue weighted by Gasteiger charge is -2.40. The number of carbonyl (C=O) groups is 1. The molecule has 3 saturated heterocycles. The van der Waals surface area contributed by atoms with Crippen molar-refractivity contribution in [3.05, 3.63) is 0 Å². The van der Waals surface area contributed by atoms with Crippen LogP contribution in [0.2, 0.25) is 0 Å². The zero-order valence-corrected chi connectivity index (χ0v) is 15.0. The fourth-order valence-corrected chi connectivity index (χ4v) is 4.23. The van der Waals surface area contributed by atoms with E-state index in [-0.39, 0.29) is 6.09 Å². The molecule has 0 aromatic heterocycles. The summed E-state index contributed by atoms with van der Waals surface area (Å²) in [5.74, 6) is 0. The van der Waals surface area contributed by atoms with Crippen molar-refractivity contribution in [3.8, 4) is 0 Å². The third-order valence-electron chi connectivity index (χ3n) is 5.65. The lowest BCUT2D eigenvalue weighted by atomic mass is 9.78. The minimum atomic E-state index is -0.403. The van der Waals surface area contributed by atoms with Crippen LogP contribution in [-0.2, 0) is 9.47 Å². The minimum Gasteiger partial charge on any atom is -0.444 e. The van der Waals surface area contributed by atoms with Gasteiger partial charge in [-0.3, -0.25) is 4.90 Å². The monoisotopic (exact) mass is 324 g/mol. The van der Waals surface area contributed by atoms with Gasteiger partial charge in [0.1, 0.15) is 5.60 Å². The lowest BCUT2D eigenvalue weighted by molar-refractivity contribution is 0.00768. The first-order valence-electron chi connectivity index (χ1n) is 9.17. The Morgan fingerprint density at radius 1 is 1.09 bits per heavy atom. The minimum absolute atomic E-state index is 0.147. The first-order chi connectivity index (χ1) is 10.9. The van der Waals surface area contributed by atoms with Gasteiger partial charge >= 0.3 is 6.09 Å². The number of rotatable bonds is 1. The molecular formula is C18H32N2O3. The highest BCUT2D eigenvalue weighted by Crippen LogP contribution is 2.42. The summed E-state index contributed by atoms with van der Waals surface area (Å²) in [6, 6.07) is 0.715. The van der Waals surface area contributed by atoms with Crippen LogP contribution in [0.4, 0.5) is 4.79 Å². The van der Waals surface area contributed by atoms with Gasteiger partial charge in [0.05, 0.1) is 0 Å². The molecule has 3 rings (SSSR count). The molecule has 5 heteroatoms. The third-order valence-corrected chi connectivity index (χ3v) is 5.65. The van der Waals surface area contributed by atoms with Crippen LogP contribution in [-0.4, -0.2) is 66.9 Å². The van der Waals surface area contributed by atoms with Crippen molar-refractivity contribution in [2.45, 2.75) is 64.5 Å². The Hall–Kier alpha value is -0.810. The topological polar surface area (TPSA) is 42.0 Å². The van der Waals surface area contributed by atoms with Crippen molar-refractivity contribution in [1.82, 2.24) is 9.80 Å². The van der Waals surface area contributed by atoms with Crippen molar-refractivity contribution in [1.29, 1.82) is 0 Å². The predicted molar refractivity (Wildman–Crippen MR) is 89.5 cm³/mol. The van der Waals surface area contributed by atoms with E-state index in [0.717, 1.165) is 39.1 Å². The van der Waals surface area contributed by atoms with E-state index in [4.69, 9.17) is 9.47 Å². The molecule has 0 aromatic rings. The van der Waals surface area contributed by atoms with Crippen LogP contribution in [0.5, 0.6) is 0 Å². The lowest BCUT2D eigenvalue weighted by Crippen LogP contribution is -2.47. The van der Waals surface area contributed by atoms with E-state index < -0.39 is 5.60 Å². The molecule has 0 radical (unpaired) electrons. The van der Waals surface area contributed by atoms with Crippen molar-refractivity contribution < 1.29 is 14.3 Å². The van der Waals surface area contributed by atoms with Crippen LogP contribution >= 0.6 is 0 Å². The SMILES string of the molecule is CC(C)(C)OC(=O)N1CCC2(CC1)CCN(C1CCOCC1)C2. The largest absolute Gasteiger partial charge is 0.444 e. The summed E-state index contributed by atoms with van der Waals surface area (Å²) in [7, 11) is 0. The van der Waals surface area contributed by atoms with Crippen LogP contribution < -0.4 is 0 Å². The summed E-state index contributed by atoms with van der Waals surface area (Å²) < 4.78 is 11.0. The van der Waals surface area contributed by atoms with Gasteiger partial charge in [0, 0.05) is 38.9 Å². The molecule has 0 unspecified atom stereocenters. The zero-order valence-electron chi connectivity index (χ0n) is 15.0. The summed E-state index contributed by atoms with van der Waals surface area (Å²) in [5.41, 5.74) is 0.0241. The fourth-order valence-electron chi connectivity index (χ4n) is 4.23. The van der Waals surface area contributed by atoms with Gasteiger partial charge in [-0.1, -0.05) is 0 Å². The molecule has 0 bridgehead atoms. The van der Waals surface area contributed by atoms with E-state index in [2.05, 4.69) is 4.90 Å². The molecule has 3 aliphatic rings. The molecule has 1 spiro atoms. The summed E-state index contributed by atoms with van der Waals surface area (Å²) in [5, 5.41) is 0. The standard InChI is InChI=1S/C18H32N2O3/c1-17(2,3)23-16(21)19-9-6-18(7-10-19)8-11-20(14-18)15-4-12-22-13-5-15/h15H,4-14H2,1-3H3. The normalized spacial score (nSPS) is 26.7. The van der Waals surface area contributed by atoms with Gasteiger partial charge in [0.25, 0.3) is 0 Å². The highest BCUT2D eigenvalue weighted by atomic mass is 16.6. The molecule has 0 aromatic carbocycles. The van der Waals surface area contributed by atoms with Crippen molar-refractivity contribution in [3.63, 3.8) is 0 Å². The second-order valence-electron chi connectivity index (χ2n) is 8.53.